The van der Waals surface area contributed by atoms with Gasteiger partial charge in [-0.2, -0.15) is 0 Å². The molecule has 1 fully saturated rings. The second-order valence-electron chi connectivity index (χ2n) is 3.99. The van der Waals surface area contributed by atoms with E-state index in [0.717, 1.165) is 32.4 Å². The van der Waals surface area contributed by atoms with Crippen molar-refractivity contribution in [3.05, 3.63) is 0 Å². The van der Waals surface area contributed by atoms with Crippen LogP contribution in [0.5, 0.6) is 0 Å². The van der Waals surface area contributed by atoms with E-state index >= 15 is 0 Å². The summed E-state index contributed by atoms with van der Waals surface area (Å²) in [5, 5.41) is 2.99. The van der Waals surface area contributed by atoms with Crippen LogP contribution in [0, 0.1) is 0 Å². The lowest BCUT2D eigenvalue weighted by Gasteiger charge is -2.10. The van der Waals surface area contributed by atoms with Crippen LogP contribution in [0.15, 0.2) is 0 Å². The van der Waals surface area contributed by atoms with E-state index in [-0.39, 0.29) is 11.9 Å². The SMILES string of the molecule is CCNCCS(=O)(=O)NCCC1CCCO1. The molecule has 0 aromatic carbocycles. The Morgan fingerprint density at radius 2 is 2.19 bits per heavy atom. The summed E-state index contributed by atoms with van der Waals surface area (Å²) < 4.78 is 31.0. The van der Waals surface area contributed by atoms with Gasteiger partial charge in [-0.3, -0.25) is 0 Å². The zero-order chi connectivity index (χ0) is 11.9. The molecule has 0 spiro atoms. The van der Waals surface area contributed by atoms with Crippen molar-refractivity contribution in [1.82, 2.24) is 10.0 Å². The highest BCUT2D eigenvalue weighted by atomic mass is 32.2. The molecule has 1 heterocycles. The van der Waals surface area contributed by atoms with Crippen LogP contribution >= 0.6 is 0 Å². The first-order valence-corrected chi connectivity index (χ1v) is 7.59. The van der Waals surface area contributed by atoms with Gasteiger partial charge in [0.25, 0.3) is 0 Å². The van der Waals surface area contributed by atoms with Crippen molar-refractivity contribution in [3.8, 4) is 0 Å². The first-order chi connectivity index (χ1) is 7.64. The Morgan fingerprint density at radius 3 is 2.81 bits per heavy atom. The summed E-state index contributed by atoms with van der Waals surface area (Å²) in [5.41, 5.74) is 0. The van der Waals surface area contributed by atoms with Gasteiger partial charge in [-0.25, -0.2) is 13.1 Å². The lowest BCUT2D eigenvalue weighted by atomic mass is 10.2. The zero-order valence-corrected chi connectivity index (χ0v) is 10.7. The Labute approximate surface area is 98.0 Å². The molecule has 1 aliphatic heterocycles. The average Bonchev–Trinajstić information content (AvgIpc) is 2.70. The third kappa shape index (κ3) is 5.79. The molecular formula is C10H22N2O3S. The van der Waals surface area contributed by atoms with Gasteiger partial charge in [0.05, 0.1) is 11.9 Å². The predicted molar refractivity (Wildman–Crippen MR) is 63.9 cm³/mol. The van der Waals surface area contributed by atoms with Crippen molar-refractivity contribution >= 4 is 10.0 Å². The maximum atomic E-state index is 11.5. The van der Waals surface area contributed by atoms with E-state index in [1.54, 1.807) is 0 Å². The van der Waals surface area contributed by atoms with Crippen LogP contribution < -0.4 is 10.0 Å². The molecule has 0 bridgehead atoms. The highest BCUT2D eigenvalue weighted by Crippen LogP contribution is 2.14. The largest absolute Gasteiger partial charge is 0.378 e. The van der Waals surface area contributed by atoms with Crippen LogP contribution in [0.25, 0.3) is 0 Å². The number of hydrogen-bond acceptors (Lipinski definition) is 4. The third-order valence-corrected chi connectivity index (χ3v) is 4.00. The topological polar surface area (TPSA) is 67.4 Å². The van der Waals surface area contributed by atoms with E-state index in [1.807, 2.05) is 6.92 Å². The van der Waals surface area contributed by atoms with Gasteiger partial charge >= 0.3 is 0 Å². The second kappa shape index (κ2) is 7.21. The van der Waals surface area contributed by atoms with Crippen molar-refractivity contribution in [3.63, 3.8) is 0 Å². The molecule has 0 aromatic heterocycles. The number of nitrogens with one attached hydrogen (secondary N) is 2. The molecule has 0 aliphatic carbocycles. The Hall–Kier alpha value is -0.170. The predicted octanol–water partition coefficient (Wildman–Crippen LogP) is 0.0844. The first kappa shape index (κ1) is 13.9. The van der Waals surface area contributed by atoms with Crippen LogP contribution in [0.2, 0.25) is 0 Å². The lowest BCUT2D eigenvalue weighted by molar-refractivity contribution is 0.105. The molecule has 5 nitrogen and oxygen atoms in total. The van der Waals surface area contributed by atoms with Gasteiger partial charge < -0.3 is 10.1 Å². The minimum Gasteiger partial charge on any atom is -0.378 e. The molecule has 0 amide bonds. The van der Waals surface area contributed by atoms with E-state index < -0.39 is 10.0 Å². The standard InChI is InChI=1S/C10H22N2O3S/c1-2-11-7-9-16(13,14)12-6-5-10-4-3-8-15-10/h10-12H,2-9H2,1H3. The highest BCUT2D eigenvalue weighted by molar-refractivity contribution is 7.89. The van der Waals surface area contributed by atoms with E-state index in [9.17, 15) is 8.42 Å². The fourth-order valence-electron chi connectivity index (χ4n) is 1.70. The van der Waals surface area contributed by atoms with Gasteiger partial charge in [-0.1, -0.05) is 6.92 Å². The minimum absolute atomic E-state index is 0.145. The maximum absolute atomic E-state index is 11.5. The molecule has 6 heteroatoms. The summed E-state index contributed by atoms with van der Waals surface area (Å²) in [4.78, 5) is 0. The number of hydrogen-bond donors (Lipinski definition) is 2. The van der Waals surface area contributed by atoms with Crippen molar-refractivity contribution < 1.29 is 13.2 Å². The molecule has 0 aromatic rings. The normalized spacial score (nSPS) is 21.4. The number of sulfonamides is 1. The number of ether oxygens (including phenoxy) is 1. The fraction of sp³-hybridized carbons (Fsp3) is 1.00. The van der Waals surface area contributed by atoms with Crippen molar-refractivity contribution in [2.75, 3.05) is 32.0 Å². The second-order valence-corrected chi connectivity index (χ2v) is 5.92. The quantitative estimate of drug-likeness (QED) is 0.599. The van der Waals surface area contributed by atoms with Crippen molar-refractivity contribution in [2.24, 2.45) is 0 Å². The molecule has 1 rings (SSSR count). The minimum atomic E-state index is -3.11. The smallest absolute Gasteiger partial charge is 0.212 e. The molecule has 1 atom stereocenters. The Morgan fingerprint density at radius 1 is 1.38 bits per heavy atom. The average molecular weight is 250 g/mol. The van der Waals surface area contributed by atoms with E-state index in [1.165, 1.54) is 0 Å². The maximum Gasteiger partial charge on any atom is 0.212 e. The molecule has 1 aliphatic rings. The molecule has 1 unspecified atom stereocenters. The van der Waals surface area contributed by atoms with Crippen LogP contribution in [0.1, 0.15) is 26.2 Å². The van der Waals surface area contributed by atoms with Gasteiger partial charge in [0.15, 0.2) is 0 Å². The van der Waals surface area contributed by atoms with Crippen LogP contribution in [0.4, 0.5) is 0 Å². The fourth-order valence-corrected chi connectivity index (χ4v) is 2.69. The third-order valence-electron chi connectivity index (χ3n) is 2.61. The van der Waals surface area contributed by atoms with Crippen LogP contribution in [0.3, 0.4) is 0 Å². The monoisotopic (exact) mass is 250 g/mol. The lowest BCUT2D eigenvalue weighted by Crippen LogP contribution is -2.33. The summed E-state index contributed by atoms with van der Waals surface area (Å²) in [6, 6.07) is 0. The van der Waals surface area contributed by atoms with Gasteiger partial charge in [-0.05, 0) is 25.8 Å². The summed E-state index contributed by atoms with van der Waals surface area (Å²) in [5.74, 6) is 0.145. The molecule has 0 saturated carbocycles. The van der Waals surface area contributed by atoms with Crippen molar-refractivity contribution in [1.29, 1.82) is 0 Å². The van der Waals surface area contributed by atoms with Gasteiger partial charge in [0.2, 0.25) is 10.0 Å². The van der Waals surface area contributed by atoms with Gasteiger partial charge in [0.1, 0.15) is 0 Å². The molecule has 16 heavy (non-hydrogen) atoms. The molecule has 96 valence electrons. The summed E-state index contributed by atoms with van der Waals surface area (Å²) >= 11 is 0. The Kier molecular flexibility index (Phi) is 6.26. The van der Waals surface area contributed by atoms with E-state index in [2.05, 4.69) is 10.0 Å². The summed E-state index contributed by atoms with van der Waals surface area (Å²) in [6.45, 7) is 4.56. The van der Waals surface area contributed by atoms with E-state index in [0.29, 0.717) is 13.1 Å². The van der Waals surface area contributed by atoms with Crippen LogP contribution in [-0.4, -0.2) is 46.5 Å². The molecule has 1 saturated heterocycles. The van der Waals surface area contributed by atoms with E-state index in [4.69, 9.17) is 4.74 Å². The first-order valence-electron chi connectivity index (χ1n) is 5.93. The Bertz CT molecular complexity index is 274. The van der Waals surface area contributed by atoms with Crippen LogP contribution in [-0.2, 0) is 14.8 Å². The number of rotatable bonds is 8. The Balaban J connectivity index is 2.09. The molecule has 0 radical (unpaired) electrons. The van der Waals surface area contributed by atoms with Gasteiger partial charge in [0, 0.05) is 19.7 Å². The summed E-state index contributed by atoms with van der Waals surface area (Å²) in [6.07, 6.45) is 3.17. The van der Waals surface area contributed by atoms with Gasteiger partial charge in [-0.15, -0.1) is 0 Å². The highest BCUT2D eigenvalue weighted by Gasteiger charge is 2.16. The zero-order valence-electron chi connectivity index (χ0n) is 9.87. The molecule has 2 N–H and O–H groups in total. The van der Waals surface area contributed by atoms with Crippen molar-refractivity contribution in [2.45, 2.75) is 32.3 Å². The molecular weight excluding hydrogens is 228 g/mol. The summed E-state index contributed by atoms with van der Waals surface area (Å²) in [7, 11) is -3.11.